The molecule has 16 heavy (non-hydrogen) atoms. The monoisotopic (exact) mass is 239 g/mol. The van der Waals surface area contributed by atoms with Gasteiger partial charge >= 0.3 is 0 Å². The van der Waals surface area contributed by atoms with Crippen molar-refractivity contribution in [3.8, 4) is 0 Å². The molecule has 2 rings (SSSR count). The number of pyridine rings is 1. The predicted molar refractivity (Wildman–Crippen MR) is 64.6 cm³/mol. The summed E-state index contributed by atoms with van der Waals surface area (Å²) in [4.78, 5) is 17.6. The Bertz CT molecular complexity index is 422. The molecular weight excluding hydrogens is 226 g/mol. The van der Waals surface area contributed by atoms with Crippen molar-refractivity contribution in [2.24, 2.45) is 5.92 Å². The highest BCUT2D eigenvalue weighted by atomic mass is 35.5. The molecule has 0 bridgehead atoms. The van der Waals surface area contributed by atoms with E-state index in [9.17, 15) is 4.79 Å². The lowest BCUT2D eigenvalue weighted by Crippen LogP contribution is -2.26. The van der Waals surface area contributed by atoms with Crippen LogP contribution in [0.4, 0.5) is 11.5 Å². The maximum atomic E-state index is 11.8. The SMILES string of the molecule is Cc1ccnc(N2CC(CCl)CC2=O)c1N. The van der Waals surface area contributed by atoms with E-state index in [1.54, 1.807) is 11.1 Å². The minimum absolute atomic E-state index is 0.0513. The van der Waals surface area contributed by atoms with Crippen LogP contribution in [0, 0.1) is 12.8 Å². The largest absolute Gasteiger partial charge is 0.396 e. The van der Waals surface area contributed by atoms with Gasteiger partial charge in [-0.1, -0.05) is 0 Å². The Morgan fingerprint density at radius 2 is 2.44 bits per heavy atom. The van der Waals surface area contributed by atoms with E-state index in [1.807, 2.05) is 13.0 Å². The molecule has 1 aromatic heterocycles. The molecule has 5 heteroatoms. The predicted octanol–water partition coefficient (Wildman–Crippen LogP) is 1.56. The van der Waals surface area contributed by atoms with Crippen molar-refractivity contribution in [3.63, 3.8) is 0 Å². The fraction of sp³-hybridized carbons (Fsp3) is 0.455. The molecule has 2 heterocycles. The number of nitrogens with two attached hydrogens (primary N) is 1. The number of halogens is 1. The van der Waals surface area contributed by atoms with Gasteiger partial charge in [-0.2, -0.15) is 0 Å². The van der Waals surface area contributed by atoms with E-state index in [0.29, 0.717) is 30.4 Å². The molecule has 1 unspecified atom stereocenters. The van der Waals surface area contributed by atoms with Gasteiger partial charge in [0.1, 0.15) is 0 Å². The second kappa shape index (κ2) is 4.29. The number of amides is 1. The zero-order valence-electron chi connectivity index (χ0n) is 9.11. The van der Waals surface area contributed by atoms with Gasteiger partial charge in [-0.3, -0.25) is 9.69 Å². The van der Waals surface area contributed by atoms with Crippen molar-refractivity contribution in [1.29, 1.82) is 0 Å². The zero-order valence-corrected chi connectivity index (χ0v) is 9.87. The third kappa shape index (κ3) is 1.85. The lowest BCUT2D eigenvalue weighted by atomic mass is 10.1. The smallest absolute Gasteiger partial charge is 0.228 e. The fourth-order valence-corrected chi connectivity index (χ4v) is 2.07. The summed E-state index contributed by atoms with van der Waals surface area (Å²) in [6.07, 6.45) is 2.15. The molecule has 1 saturated heterocycles. The van der Waals surface area contributed by atoms with E-state index in [0.717, 1.165) is 5.56 Å². The second-order valence-electron chi connectivity index (χ2n) is 4.09. The highest BCUT2D eigenvalue weighted by molar-refractivity contribution is 6.18. The molecule has 1 fully saturated rings. The zero-order chi connectivity index (χ0) is 11.7. The number of nitrogen functional groups attached to an aromatic ring is 1. The molecule has 0 radical (unpaired) electrons. The van der Waals surface area contributed by atoms with Gasteiger partial charge in [-0.15, -0.1) is 11.6 Å². The first-order valence-electron chi connectivity index (χ1n) is 5.21. The van der Waals surface area contributed by atoms with Crippen LogP contribution in [-0.2, 0) is 4.79 Å². The lowest BCUT2D eigenvalue weighted by Gasteiger charge is -2.18. The number of carbonyl (C=O) groups excluding carboxylic acids is 1. The van der Waals surface area contributed by atoms with Crippen molar-refractivity contribution in [3.05, 3.63) is 17.8 Å². The van der Waals surface area contributed by atoms with Gasteiger partial charge in [-0.05, 0) is 24.5 Å². The maximum absolute atomic E-state index is 11.8. The van der Waals surface area contributed by atoms with Gasteiger partial charge in [-0.25, -0.2) is 4.98 Å². The van der Waals surface area contributed by atoms with Crippen LogP contribution in [0.2, 0.25) is 0 Å². The van der Waals surface area contributed by atoms with Gasteiger partial charge in [0, 0.05) is 25.0 Å². The van der Waals surface area contributed by atoms with Gasteiger partial charge in [0.25, 0.3) is 0 Å². The molecule has 1 atom stereocenters. The van der Waals surface area contributed by atoms with Crippen LogP contribution in [0.25, 0.3) is 0 Å². The van der Waals surface area contributed by atoms with Crippen molar-refractivity contribution in [1.82, 2.24) is 4.98 Å². The molecule has 1 aliphatic rings. The summed E-state index contributed by atoms with van der Waals surface area (Å²) in [5, 5.41) is 0. The molecule has 0 spiro atoms. The summed E-state index contributed by atoms with van der Waals surface area (Å²) in [7, 11) is 0. The summed E-state index contributed by atoms with van der Waals surface area (Å²) in [6.45, 7) is 2.52. The van der Waals surface area contributed by atoms with Crippen molar-refractivity contribution in [2.45, 2.75) is 13.3 Å². The Kier molecular flexibility index (Phi) is 3.01. The third-order valence-corrected chi connectivity index (χ3v) is 3.30. The van der Waals surface area contributed by atoms with Gasteiger partial charge in [0.05, 0.1) is 5.69 Å². The number of hydrogen-bond donors (Lipinski definition) is 1. The average molecular weight is 240 g/mol. The Hall–Kier alpha value is -1.29. The Labute approximate surface area is 99.4 Å². The first-order chi connectivity index (χ1) is 7.63. The third-order valence-electron chi connectivity index (χ3n) is 2.87. The van der Waals surface area contributed by atoms with E-state index < -0.39 is 0 Å². The van der Waals surface area contributed by atoms with E-state index in [4.69, 9.17) is 17.3 Å². The molecule has 0 aliphatic carbocycles. The first kappa shape index (κ1) is 11.2. The summed E-state index contributed by atoms with van der Waals surface area (Å²) in [5.74, 6) is 1.32. The highest BCUT2D eigenvalue weighted by Crippen LogP contribution is 2.29. The Balaban J connectivity index is 2.31. The van der Waals surface area contributed by atoms with Crippen LogP contribution in [0.3, 0.4) is 0 Å². The van der Waals surface area contributed by atoms with Gasteiger partial charge in [0.15, 0.2) is 5.82 Å². The summed E-state index contributed by atoms with van der Waals surface area (Å²) >= 11 is 5.77. The minimum Gasteiger partial charge on any atom is -0.396 e. The van der Waals surface area contributed by atoms with E-state index in [-0.39, 0.29) is 11.8 Å². The van der Waals surface area contributed by atoms with E-state index in [2.05, 4.69) is 4.98 Å². The number of alkyl halides is 1. The molecule has 1 aliphatic heterocycles. The van der Waals surface area contributed by atoms with Crippen molar-refractivity contribution >= 4 is 29.0 Å². The summed E-state index contributed by atoms with van der Waals surface area (Å²) in [6, 6.07) is 1.83. The average Bonchev–Trinajstić information content (AvgIpc) is 2.64. The minimum atomic E-state index is 0.0513. The van der Waals surface area contributed by atoms with E-state index >= 15 is 0 Å². The molecule has 4 nitrogen and oxygen atoms in total. The van der Waals surface area contributed by atoms with Crippen molar-refractivity contribution in [2.75, 3.05) is 23.1 Å². The standard InChI is InChI=1S/C11H14ClN3O/c1-7-2-3-14-11(10(7)13)15-6-8(5-12)4-9(15)16/h2-3,8H,4-6,13H2,1H3. The van der Waals surface area contributed by atoms with Crippen molar-refractivity contribution < 1.29 is 4.79 Å². The fourth-order valence-electron chi connectivity index (χ4n) is 1.86. The molecule has 1 amide bonds. The van der Waals surface area contributed by atoms with Crippen LogP contribution >= 0.6 is 11.6 Å². The number of carbonyl (C=O) groups is 1. The number of aryl methyl sites for hydroxylation is 1. The quantitative estimate of drug-likeness (QED) is 0.797. The topological polar surface area (TPSA) is 59.2 Å². The highest BCUT2D eigenvalue weighted by Gasteiger charge is 2.31. The molecular formula is C11H14ClN3O. The molecule has 2 N–H and O–H groups in total. The van der Waals surface area contributed by atoms with Crippen LogP contribution in [0.1, 0.15) is 12.0 Å². The number of rotatable bonds is 2. The Morgan fingerprint density at radius 1 is 1.69 bits per heavy atom. The van der Waals surface area contributed by atoms with Crippen LogP contribution in [-0.4, -0.2) is 23.3 Å². The Morgan fingerprint density at radius 3 is 3.06 bits per heavy atom. The van der Waals surface area contributed by atoms with Crippen LogP contribution < -0.4 is 10.6 Å². The normalized spacial score (nSPS) is 20.5. The van der Waals surface area contributed by atoms with Crippen LogP contribution in [0.5, 0.6) is 0 Å². The number of anilines is 2. The second-order valence-corrected chi connectivity index (χ2v) is 4.40. The number of nitrogens with zero attached hydrogens (tertiary/aromatic N) is 2. The maximum Gasteiger partial charge on any atom is 0.228 e. The van der Waals surface area contributed by atoms with E-state index in [1.165, 1.54) is 0 Å². The lowest BCUT2D eigenvalue weighted by molar-refractivity contribution is -0.117. The first-order valence-corrected chi connectivity index (χ1v) is 5.74. The van der Waals surface area contributed by atoms with Crippen LogP contribution in [0.15, 0.2) is 12.3 Å². The van der Waals surface area contributed by atoms with Gasteiger partial charge in [0.2, 0.25) is 5.91 Å². The molecule has 1 aromatic rings. The molecule has 86 valence electrons. The number of hydrogen-bond acceptors (Lipinski definition) is 3. The number of aromatic nitrogens is 1. The van der Waals surface area contributed by atoms with Gasteiger partial charge < -0.3 is 5.73 Å². The summed E-state index contributed by atoms with van der Waals surface area (Å²) in [5.41, 5.74) is 7.43. The molecule has 0 saturated carbocycles. The molecule has 0 aromatic carbocycles. The summed E-state index contributed by atoms with van der Waals surface area (Å²) < 4.78 is 0.